The van der Waals surface area contributed by atoms with E-state index in [0.717, 1.165) is 6.54 Å². The van der Waals surface area contributed by atoms with E-state index >= 15 is 0 Å². The second-order valence-corrected chi connectivity index (χ2v) is 4.83. The van der Waals surface area contributed by atoms with Gasteiger partial charge in [0.25, 0.3) is 0 Å². The molecule has 1 rings (SSSR count). The van der Waals surface area contributed by atoms with E-state index in [1.165, 1.54) is 19.3 Å². The van der Waals surface area contributed by atoms with E-state index in [1.807, 2.05) is 0 Å². The van der Waals surface area contributed by atoms with Gasteiger partial charge < -0.3 is 5.11 Å². The highest BCUT2D eigenvalue weighted by molar-refractivity contribution is 5.69. The topological polar surface area (TPSA) is 40.5 Å². The highest BCUT2D eigenvalue weighted by Gasteiger charge is 2.32. The minimum Gasteiger partial charge on any atom is -0.480 e. The standard InChI is InChI=1S/C12H23NO2/c1-4-13(8-11(14)15)12-9(2)6-5-7-10(12)3/h9-10,12H,4-8H2,1-3H3,(H,14,15). The Morgan fingerprint density at radius 1 is 1.33 bits per heavy atom. The van der Waals surface area contributed by atoms with Gasteiger partial charge in [-0.2, -0.15) is 0 Å². The summed E-state index contributed by atoms with van der Waals surface area (Å²) in [6.45, 7) is 7.59. The molecule has 3 nitrogen and oxygen atoms in total. The third kappa shape index (κ3) is 3.20. The zero-order chi connectivity index (χ0) is 11.4. The van der Waals surface area contributed by atoms with Crippen LogP contribution in [0.1, 0.15) is 40.0 Å². The molecule has 0 heterocycles. The SMILES string of the molecule is CCN(CC(=O)O)C1C(C)CCCC1C. The summed E-state index contributed by atoms with van der Waals surface area (Å²) in [6, 6.07) is 0.458. The molecule has 0 amide bonds. The minimum absolute atomic E-state index is 0.190. The van der Waals surface area contributed by atoms with Gasteiger partial charge in [0, 0.05) is 6.04 Å². The van der Waals surface area contributed by atoms with Crippen molar-refractivity contribution < 1.29 is 9.90 Å². The first-order valence-electron chi connectivity index (χ1n) is 6.02. The molecule has 0 spiro atoms. The lowest BCUT2D eigenvalue weighted by atomic mass is 9.78. The second kappa shape index (κ2) is 5.50. The van der Waals surface area contributed by atoms with Gasteiger partial charge in [0.1, 0.15) is 0 Å². The lowest BCUT2D eigenvalue weighted by molar-refractivity contribution is -0.139. The van der Waals surface area contributed by atoms with E-state index in [0.29, 0.717) is 17.9 Å². The molecule has 1 N–H and O–H groups in total. The van der Waals surface area contributed by atoms with Gasteiger partial charge in [0.05, 0.1) is 6.54 Å². The van der Waals surface area contributed by atoms with Crippen LogP contribution >= 0.6 is 0 Å². The number of carbonyl (C=O) groups is 1. The van der Waals surface area contributed by atoms with Gasteiger partial charge in [-0.15, -0.1) is 0 Å². The maximum Gasteiger partial charge on any atom is 0.317 e. The van der Waals surface area contributed by atoms with Crippen LogP contribution in [-0.2, 0) is 4.79 Å². The van der Waals surface area contributed by atoms with E-state index in [-0.39, 0.29) is 6.54 Å². The molecular formula is C12H23NO2. The normalized spacial score (nSPS) is 31.9. The molecule has 1 fully saturated rings. The Labute approximate surface area is 92.5 Å². The Morgan fingerprint density at radius 3 is 2.27 bits per heavy atom. The molecule has 15 heavy (non-hydrogen) atoms. The maximum absolute atomic E-state index is 10.8. The Kier molecular flexibility index (Phi) is 4.58. The fraction of sp³-hybridized carbons (Fsp3) is 0.917. The quantitative estimate of drug-likeness (QED) is 0.778. The average Bonchev–Trinajstić information content (AvgIpc) is 2.15. The monoisotopic (exact) mass is 213 g/mol. The summed E-state index contributed by atoms with van der Waals surface area (Å²) in [4.78, 5) is 12.9. The van der Waals surface area contributed by atoms with Crippen LogP contribution in [-0.4, -0.2) is 35.1 Å². The fourth-order valence-electron chi connectivity index (χ4n) is 2.99. The summed E-state index contributed by atoms with van der Waals surface area (Å²) in [7, 11) is 0. The lowest BCUT2D eigenvalue weighted by Gasteiger charge is -2.41. The number of aliphatic carboxylic acids is 1. The van der Waals surface area contributed by atoms with Crippen LogP contribution in [0.4, 0.5) is 0 Å². The summed E-state index contributed by atoms with van der Waals surface area (Å²) < 4.78 is 0. The van der Waals surface area contributed by atoms with E-state index < -0.39 is 5.97 Å². The molecule has 0 aromatic carbocycles. The van der Waals surface area contributed by atoms with Crippen molar-refractivity contribution in [3.63, 3.8) is 0 Å². The number of rotatable bonds is 4. The number of likely N-dealkylation sites (N-methyl/N-ethyl adjacent to an activating group) is 1. The minimum atomic E-state index is -0.707. The molecule has 0 radical (unpaired) electrons. The first kappa shape index (κ1) is 12.5. The molecule has 1 saturated carbocycles. The molecule has 0 saturated heterocycles. The number of hydrogen-bond donors (Lipinski definition) is 1. The fourth-order valence-corrected chi connectivity index (χ4v) is 2.99. The van der Waals surface area contributed by atoms with Gasteiger partial charge >= 0.3 is 5.97 Å². The Hall–Kier alpha value is -0.570. The van der Waals surface area contributed by atoms with Crippen LogP contribution in [0.2, 0.25) is 0 Å². The summed E-state index contributed by atoms with van der Waals surface area (Å²) in [5.41, 5.74) is 0. The third-order valence-electron chi connectivity index (χ3n) is 3.65. The van der Waals surface area contributed by atoms with Crippen molar-refractivity contribution in [2.24, 2.45) is 11.8 Å². The molecule has 1 aliphatic rings. The van der Waals surface area contributed by atoms with Crippen LogP contribution in [0.25, 0.3) is 0 Å². The van der Waals surface area contributed by atoms with Crippen LogP contribution in [0.15, 0.2) is 0 Å². The summed E-state index contributed by atoms with van der Waals surface area (Å²) in [6.07, 6.45) is 3.78. The predicted octanol–water partition coefficient (Wildman–Crippen LogP) is 2.22. The molecule has 88 valence electrons. The molecule has 2 unspecified atom stereocenters. The number of nitrogens with zero attached hydrogens (tertiary/aromatic N) is 1. The van der Waals surface area contributed by atoms with Crippen LogP contribution in [0.3, 0.4) is 0 Å². The van der Waals surface area contributed by atoms with Crippen LogP contribution < -0.4 is 0 Å². The first-order chi connectivity index (χ1) is 7.06. The number of carboxylic acid groups (broad SMARTS) is 1. The summed E-state index contributed by atoms with van der Waals surface area (Å²) >= 11 is 0. The van der Waals surface area contributed by atoms with Gasteiger partial charge in [0.2, 0.25) is 0 Å². The van der Waals surface area contributed by atoms with E-state index in [9.17, 15) is 4.79 Å². The molecular weight excluding hydrogens is 190 g/mol. The van der Waals surface area contributed by atoms with Gasteiger partial charge in [-0.25, -0.2) is 0 Å². The lowest BCUT2D eigenvalue weighted by Crippen LogP contribution is -2.48. The van der Waals surface area contributed by atoms with E-state index in [1.54, 1.807) is 0 Å². The first-order valence-corrected chi connectivity index (χ1v) is 6.02. The molecule has 3 heteroatoms. The molecule has 0 bridgehead atoms. The zero-order valence-corrected chi connectivity index (χ0v) is 10.1. The smallest absolute Gasteiger partial charge is 0.317 e. The molecule has 2 atom stereocenters. The highest BCUT2D eigenvalue weighted by Crippen LogP contribution is 2.32. The van der Waals surface area contributed by atoms with Crippen molar-refractivity contribution in [3.8, 4) is 0 Å². The van der Waals surface area contributed by atoms with Crippen LogP contribution in [0.5, 0.6) is 0 Å². The molecule has 0 aromatic heterocycles. The largest absolute Gasteiger partial charge is 0.480 e. The number of carboxylic acids is 1. The van der Waals surface area contributed by atoms with Crippen molar-refractivity contribution in [2.45, 2.75) is 46.1 Å². The van der Waals surface area contributed by atoms with Gasteiger partial charge in [0.15, 0.2) is 0 Å². The summed E-state index contributed by atoms with van der Waals surface area (Å²) in [5, 5.41) is 8.88. The average molecular weight is 213 g/mol. The van der Waals surface area contributed by atoms with Crippen LogP contribution in [0, 0.1) is 11.8 Å². The van der Waals surface area contributed by atoms with Crippen molar-refractivity contribution in [2.75, 3.05) is 13.1 Å². The predicted molar refractivity (Wildman–Crippen MR) is 60.8 cm³/mol. The summed E-state index contributed by atoms with van der Waals surface area (Å²) in [5.74, 6) is 0.558. The van der Waals surface area contributed by atoms with Gasteiger partial charge in [-0.1, -0.05) is 27.2 Å². The van der Waals surface area contributed by atoms with Crippen molar-refractivity contribution in [3.05, 3.63) is 0 Å². The van der Waals surface area contributed by atoms with E-state index in [4.69, 9.17) is 5.11 Å². The van der Waals surface area contributed by atoms with Gasteiger partial charge in [-0.3, -0.25) is 9.69 Å². The van der Waals surface area contributed by atoms with Crippen molar-refractivity contribution in [1.82, 2.24) is 4.90 Å². The number of hydrogen-bond acceptors (Lipinski definition) is 2. The maximum atomic E-state index is 10.8. The third-order valence-corrected chi connectivity index (χ3v) is 3.65. The zero-order valence-electron chi connectivity index (χ0n) is 10.1. The molecule has 1 aliphatic carbocycles. The Balaban J connectivity index is 2.66. The molecule has 0 aliphatic heterocycles. The Morgan fingerprint density at radius 2 is 1.87 bits per heavy atom. The Bertz CT molecular complexity index is 208. The van der Waals surface area contributed by atoms with E-state index in [2.05, 4.69) is 25.7 Å². The van der Waals surface area contributed by atoms with Crippen molar-refractivity contribution >= 4 is 5.97 Å². The second-order valence-electron chi connectivity index (χ2n) is 4.83. The van der Waals surface area contributed by atoms with Crippen molar-refractivity contribution in [1.29, 1.82) is 0 Å². The van der Waals surface area contributed by atoms with Gasteiger partial charge in [-0.05, 0) is 31.2 Å². The highest BCUT2D eigenvalue weighted by atomic mass is 16.4. The molecule has 0 aromatic rings.